The zero-order valence-electron chi connectivity index (χ0n) is 12.1. The molecule has 1 fully saturated rings. The molecule has 0 spiro atoms. The highest BCUT2D eigenvalue weighted by molar-refractivity contribution is 5.95. The van der Waals surface area contributed by atoms with Crippen molar-refractivity contribution in [3.8, 4) is 6.07 Å². The van der Waals surface area contributed by atoms with Gasteiger partial charge in [-0.15, -0.1) is 0 Å². The Morgan fingerprint density at radius 3 is 3.00 bits per heavy atom. The Morgan fingerprint density at radius 2 is 2.30 bits per heavy atom. The lowest BCUT2D eigenvalue weighted by Gasteiger charge is -2.29. The Kier molecular flexibility index (Phi) is 4.75. The summed E-state index contributed by atoms with van der Waals surface area (Å²) in [5.74, 6) is -0.0342. The number of anilines is 1. The zero-order chi connectivity index (χ0) is 14.5. The Labute approximate surface area is 120 Å². The van der Waals surface area contributed by atoms with Gasteiger partial charge in [-0.25, -0.2) is 0 Å². The predicted octanol–water partition coefficient (Wildman–Crippen LogP) is 2.76. The predicted molar refractivity (Wildman–Crippen MR) is 79.3 cm³/mol. The molecule has 1 amide bonds. The number of hydrogen-bond donors (Lipinski definition) is 1. The summed E-state index contributed by atoms with van der Waals surface area (Å²) in [5, 5.41) is 11.9. The first-order chi connectivity index (χ1) is 9.67. The fourth-order valence-electron chi connectivity index (χ4n) is 2.88. The van der Waals surface area contributed by atoms with E-state index < -0.39 is 0 Å². The van der Waals surface area contributed by atoms with Gasteiger partial charge in [0.05, 0.1) is 17.3 Å². The van der Waals surface area contributed by atoms with Crippen LogP contribution in [0.2, 0.25) is 0 Å². The third-order valence-electron chi connectivity index (χ3n) is 4.08. The van der Waals surface area contributed by atoms with Crippen molar-refractivity contribution in [1.29, 1.82) is 5.26 Å². The van der Waals surface area contributed by atoms with Gasteiger partial charge in [-0.1, -0.05) is 19.1 Å². The standard InChI is InChI=1S/C16H21N3O/c1-3-14-8-6-10-19(14)12(2)16(20)18-15-9-5-4-7-13(15)11-17/h4-5,7,9,12,14H,3,6,8,10H2,1-2H3,(H,18,20). The van der Waals surface area contributed by atoms with Crippen molar-refractivity contribution in [2.24, 2.45) is 0 Å². The van der Waals surface area contributed by atoms with Crippen LogP contribution in [0.15, 0.2) is 24.3 Å². The highest BCUT2D eigenvalue weighted by Crippen LogP contribution is 2.23. The van der Waals surface area contributed by atoms with Gasteiger partial charge in [-0.3, -0.25) is 9.69 Å². The molecule has 2 unspecified atom stereocenters. The first-order valence-corrected chi connectivity index (χ1v) is 7.23. The Bertz CT molecular complexity index is 521. The fraction of sp³-hybridized carbons (Fsp3) is 0.500. The van der Waals surface area contributed by atoms with Gasteiger partial charge in [0, 0.05) is 6.04 Å². The molecular weight excluding hydrogens is 250 g/mol. The van der Waals surface area contributed by atoms with Crippen LogP contribution in [0.5, 0.6) is 0 Å². The Balaban J connectivity index is 2.06. The number of para-hydroxylation sites is 1. The quantitative estimate of drug-likeness (QED) is 0.916. The van der Waals surface area contributed by atoms with Crippen LogP contribution >= 0.6 is 0 Å². The molecule has 1 aromatic rings. The topological polar surface area (TPSA) is 56.1 Å². The van der Waals surface area contributed by atoms with Crippen LogP contribution < -0.4 is 5.32 Å². The number of likely N-dealkylation sites (tertiary alicyclic amines) is 1. The molecule has 0 aromatic heterocycles. The number of benzene rings is 1. The average molecular weight is 271 g/mol. The van der Waals surface area contributed by atoms with Crippen molar-refractivity contribution in [3.63, 3.8) is 0 Å². The normalized spacial score (nSPS) is 20.4. The van der Waals surface area contributed by atoms with E-state index in [2.05, 4.69) is 23.2 Å². The van der Waals surface area contributed by atoms with Crippen molar-refractivity contribution in [1.82, 2.24) is 4.90 Å². The van der Waals surface area contributed by atoms with Crippen LogP contribution in [0.25, 0.3) is 0 Å². The van der Waals surface area contributed by atoms with Crippen molar-refractivity contribution < 1.29 is 4.79 Å². The minimum absolute atomic E-state index is 0.0342. The summed E-state index contributed by atoms with van der Waals surface area (Å²) < 4.78 is 0. The number of nitrogens with one attached hydrogen (secondary N) is 1. The van der Waals surface area contributed by atoms with Crippen LogP contribution in [-0.2, 0) is 4.79 Å². The van der Waals surface area contributed by atoms with E-state index in [4.69, 9.17) is 5.26 Å². The second kappa shape index (κ2) is 6.53. The number of carbonyl (C=O) groups excluding carboxylic acids is 1. The highest BCUT2D eigenvalue weighted by Gasteiger charge is 2.30. The summed E-state index contributed by atoms with van der Waals surface area (Å²) in [7, 11) is 0. The summed E-state index contributed by atoms with van der Waals surface area (Å²) in [6.45, 7) is 5.09. The second-order valence-electron chi connectivity index (χ2n) is 5.26. The molecule has 4 nitrogen and oxygen atoms in total. The number of nitrogens with zero attached hydrogens (tertiary/aromatic N) is 2. The van der Waals surface area contributed by atoms with E-state index in [-0.39, 0.29) is 11.9 Å². The van der Waals surface area contributed by atoms with E-state index in [1.807, 2.05) is 13.0 Å². The van der Waals surface area contributed by atoms with E-state index in [1.165, 1.54) is 6.42 Å². The molecule has 0 radical (unpaired) electrons. The van der Waals surface area contributed by atoms with Gasteiger partial charge in [0.2, 0.25) is 5.91 Å². The molecule has 1 aliphatic heterocycles. The number of hydrogen-bond acceptors (Lipinski definition) is 3. The number of carbonyl (C=O) groups is 1. The fourth-order valence-corrected chi connectivity index (χ4v) is 2.88. The maximum atomic E-state index is 12.4. The number of nitriles is 1. The highest BCUT2D eigenvalue weighted by atomic mass is 16.2. The molecule has 0 bridgehead atoms. The summed E-state index contributed by atoms with van der Waals surface area (Å²) in [5.41, 5.74) is 1.10. The Morgan fingerprint density at radius 1 is 1.55 bits per heavy atom. The SMILES string of the molecule is CCC1CCCN1C(C)C(=O)Nc1ccccc1C#N. The number of amides is 1. The van der Waals surface area contributed by atoms with Crippen molar-refractivity contribution in [2.75, 3.05) is 11.9 Å². The second-order valence-corrected chi connectivity index (χ2v) is 5.26. The van der Waals surface area contributed by atoms with Gasteiger partial charge in [-0.2, -0.15) is 5.26 Å². The third kappa shape index (κ3) is 3.00. The zero-order valence-corrected chi connectivity index (χ0v) is 12.1. The summed E-state index contributed by atoms with van der Waals surface area (Å²) in [6.07, 6.45) is 3.40. The van der Waals surface area contributed by atoms with Crippen LogP contribution in [0, 0.1) is 11.3 Å². The van der Waals surface area contributed by atoms with Gasteiger partial charge < -0.3 is 5.32 Å². The van der Waals surface area contributed by atoms with Gasteiger partial charge in [0.1, 0.15) is 6.07 Å². The lowest BCUT2D eigenvalue weighted by molar-refractivity contribution is -0.121. The van der Waals surface area contributed by atoms with Gasteiger partial charge in [0.25, 0.3) is 0 Å². The Hall–Kier alpha value is -1.86. The molecular formula is C16H21N3O. The minimum Gasteiger partial charge on any atom is -0.324 e. The summed E-state index contributed by atoms with van der Waals surface area (Å²) >= 11 is 0. The minimum atomic E-state index is -0.158. The monoisotopic (exact) mass is 271 g/mol. The molecule has 2 atom stereocenters. The molecule has 4 heteroatoms. The molecule has 1 N–H and O–H groups in total. The van der Waals surface area contributed by atoms with Crippen LogP contribution in [0.3, 0.4) is 0 Å². The molecule has 1 aromatic carbocycles. The molecule has 1 saturated heterocycles. The van der Waals surface area contributed by atoms with Crippen LogP contribution in [0.1, 0.15) is 38.7 Å². The lowest BCUT2D eigenvalue weighted by atomic mass is 10.1. The maximum absolute atomic E-state index is 12.4. The molecule has 0 aliphatic carbocycles. The third-order valence-corrected chi connectivity index (χ3v) is 4.08. The molecule has 1 heterocycles. The molecule has 106 valence electrons. The molecule has 20 heavy (non-hydrogen) atoms. The molecule has 0 saturated carbocycles. The maximum Gasteiger partial charge on any atom is 0.241 e. The number of rotatable bonds is 4. The van der Waals surface area contributed by atoms with E-state index in [0.717, 1.165) is 19.4 Å². The lowest BCUT2D eigenvalue weighted by Crippen LogP contribution is -2.44. The first-order valence-electron chi connectivity index (χ1n) is 7.23. The van der Waals surface area contributed by atoms with E-state index in [0.29, 0.717) is 17.3 Å². The van der Waals surface area contributed by atoms with Crippen molar-refractivity contribution in [3.05, 3.63) is 29.8 Å². The molecule has 2 rings (SSSR count). The smallest absolute Gasteiger partial charge is 0.241 e. The summed E-state index contributed by atoms with van der Waals surface area (Å²) in [6, 6.07) is 9.55. The van der Waals surface area contributed by atoms with Gasteiger partial charge in [-0.05, 0) is 44.9 Å². The molecule has 1 aliphatic rings. The van der Waals surface area contributed by atoms with Gasteiger partial charge in [0.15, 0.2) is 0 Å². The van der Waals surface area contributed by atoms with Crippen molar-refractivity contribution in [2.45, 2.75) is 45.2 Å². The van der Waals surface area contributed by atoms with Crippen molar-refractivity contribution >= 4 is 11.6 Å². The van der Waals surface area contributed by atoms with Crippen LogP contribution in [0.4, 0.5) is 5.69 Å². The van der Waals surface area contributed by atoms with E-state index >= 15 is 0 Å². The summed E-state index contributed by atoms with van der Waals surface area (Å²) in [4.78, 5) is 14.6. The average Bonchev–Trinajstić information content (AvgIpc) is 2.95. The van der Waals surface area contributed by atoms with E-state index in [9.17, 15) is 4.79 Å². The largest absolute Gasteiger partial charge is 0.324 e. The van der Waals surface area contributed by atoms with Gasteiger partial charge >= 0.3 is 0 Å². The van der Waals surface area contributed by atoms with Crippen LogP contribution in [-0.4, -0.2) is 29.4 Å². The first kappa shape index (κ1) is 14.5. The van der Waals surface area contributed by atoms with E-state index in [1.54, 1.807) is 18.2 Å².